The second-order valence-corrected chi connectivity index (χ2v) is 4.74. The van der Waals surface area contributed by atoms with E-state index in [9.17, 15) is 4.39 Å². The lowest BCUT2D eigenvalue weighted by atomic mass is 9.82. The van der Waals surface area contributed by atoms with Crippen molar-refractivity contribution in [1.82, 2.24) is 9.97 Å². The monoisotopic (exact) mass is 223 g/mol. The summed E-state index contributed by atoms with van der Waals surface area (Å²) >= 11 is 0. The Bertz CT molecular complexity index is 326. The molecule has 0 radical (unpaired) electrons. The molecule has 1 aromatic rings. The molecule has 1 N–H and O–H groups in total. The first kappa shape index (κ1) is 11.3. The smallest absolute Gasteiger partial charge is 0.222 e. The van der Waals surface area contributed by atoms with Gasteiger partial charge >= 0.3 is 0 Å². The van der Waals surface area contributed by atoms with E-state index in [2.05, 4.69) is 22.2 Å². The van der Waals surface area contributed by atoms with Crippen LogP contribution in [0.1, 0.15) is 32.6 Å². The van der Waals surface area contributed by atoms with Gasteiger partial charge in [-0.05, 0) is 24.7 Å². The molecule has 1 aromatic heterocycles. The molecule has 2 unspecified atom stereocenters. The molecule has 2 atom stereocenters. The van der Waals surface area contributed by atoms with E-state index >= 15 is 0 Å². The normalized spacial score (nSPS) is 25.4. The van der Waals surface area contributed by atoms with Gasteiger partial charge in [-0.2, -0.15) is 0 Å². The van der Waals surface area contributed by atoms with Crippen LogP contribution in [0.15, 0.2) is 12.4 Å². The van der Waals surface area contributed by atoms with Gasteiger partial charge in [0.05, 0.1) is 12.4 Å². The number of halogens is 1. The van der Waals surface area contributed by atoms with Gasteiger partial charge in [0, 0.05) is 6.54 Å². The average Bonchev–Trinajstić information content (AvgIpc) is 2.28. The Hall–Kier alpha value is -1.19. The maximum Gasteiger partial charge on any atom is 0.222 e. The molecule has 0 saturated heterocycles. The maximum atomic E-state index is 12.6. The molecule has 0 aromatic carbocycles. The van der Waals surface area contributed by atoms with Crippen LogP contribution in [0.4, 0.5) is 10.3 Å². The fourth-order valence-corrected chi connectivity index (χ4v) is 2.38. The SMILES string of the molecule is CC1CCCC(CNc2ncc(F)cn2)C1. The molecule has 1 aliphatic carbocycles. The number of hydrogen-bond acceptors (Lipinski definition) is 3. The summed E-state index contributed by atoms with van der Waals surface area (Å²) in [4.78, 5) is 7.77. The topological polar surface area (TPSA) is 37.8 Å². The molecular weight excluding hydrogens is 205 g/mol. The quantitative estimate of drug-likeness (QED) is 0.856. The summed E-state index contributed by atoms with van der Waals surface area (Å²) in [7, 11) is 0. The zero-order valence-electron chi connectivity index (χ0n) is 9.62. The predicted molar refractivity (Wildman–Crippen MR) is 61.6 cm³/mol. The molecule has 0 aliphatic heterocycles. The van der Waals surface area contributed by atoms with E-state index in [0.29, 0.717) is 11.9 Å². The molecule has 2 rings (SSSR count). The minimum absolute atomic E-state index is 0.392. The Balaban J connectivity index is 1.80. The van der Waals surface area contributed by atoms with Gasteiger partial charge in [0.25, 0.3) is 0 Å². The zero-order valence-corrected chi connectivity index (χ0v) is 9.62. The standard InChI is InChI=1S/C12H18FN3/c1-9-3-2-4-10(5-9)6-14-12-15-7-11(13)8-16-12/h7-10H,2-6H2,1H3,(H,14,15,16). The highest BCUT2D eigenvalue weighted by atomic mass is 19.1. The van der Waals surface area contributed by atoms with Crippen LogP contribution < -0.4 is 5.32 Å². The molecular formula is C12H18FN3. The van der Waals surface area contributed by atoms with Crippen molar-refractivity contribution in [2.75, 3.05) is 11.9 Å². The number of hydrogen-bond donors (Lipinski definition) is 1. The average molecular weight is 223 g/mol. The van der Waals surface area contributed by atoms with Crippen LogP contribution in [-0.4, -0.2) is 16.5 Å². The minimum atomic E-state index is -0.392. The number of aromatic nitrogens is 2. The van der Waals surface area contributed by atoms with Crippen molar-refractivity contribution in [2.45, 2.75) is 32.6 Å². The summed E-state index contributed by atoms with van der Waals surface area (Å²) in [5.74, 6) is 1.67. The highest BCUT2D eigenvalue weighted by Crippen LogP contribution is 2.28. The van der Waals surface area contributed by atoms with Crippen molar-refractivity contribution in [1.29, 1.82) is 0 Å². The van der Waals surface area contributed by atoms with E-state index in [-0.39, 0.29) is 0 Å². The van der Waals surface area contributed by atoms with Crippen LogP contribution >= 0.6 is 0 Å². The van der Waals surface area contributed by atoms with Gasteiger partial charge in [0.2, 0.25) is 5.95 Å². The highest BCUT2D eigenvalue weighted by Gasteiger charge is 2.18. The molecule has 1 heterocycles. The number of anilines is 1. The lowest BCUT2D eigenvalue weighted by Gasteiger charge is -2.26. The third-order valence-corrected chi connectivity index (χ3v) is 3.21. The van der Waals surface area contributed by atoms with Crippen molar-refractivity contribution in [2.24, 2.45) is 11.8 Å². The third kappa shape index (κ3) is 3.15. The van der Waals surface area contributed by atoms with E-state index < -0.39 is 5.82 Å². The summed E-state index contributed by atoms with van der Waals surface area (Å²) in [5.41, 5.74) is 0. The fourth-order valence-electron chi connectivity index (χ4n) is 2.38. The molecule has 0 amide bonds. The molecule has 88 valence electrons. The van der Waals surface area contributed by atoms with Crippen molar-refractivity contribution >= 4 is 5.95 Å². The number of nitrogens with zero attached hydrogens (tertiary/aromatic N) is 2. The summed E-state index contributed by atoms with van der Waals surface area (Å²) in [5, 5.41) is 3.17. The van der Waals surface area contributed by atoms with Crippen LogP contribution in [0.2, 0.25) is 0 Å². The van der Waals surface area contributed by atoms with Gasteiger partial charge in [-0.3, -0.25) is 0 Å². The van der Waals surface area contributed by atoms with Gasteiger partial charge in [0.15, 0.2) is 5.82 Å². The first-order valence-corrected chi connectivity index (χ1v) is 5.95. The Morgan fingerprint density at radius 1 is 1.38 bits per heavy atom. The van der Waals surface area contributed by atoms with Gasteiger partial charge in [0.1, 0.15) is 0 Å². The highest BCUT2D eigenvalue weighted by molar-refractivity contribution is 5.22. The summed E-state index contributed by atoms with van der Waals surface area (Å²) in [6, 6.07) is 0. The van der Waals surface area contributed by atoms with Crippen LogP contribution in [0.5, 0.6) is 0 Å². The molecule has 3 nitrogen and oxygen atoms in total. The summed E-state index contributed by atoms with van der Waals surface area (Å²) in [6.07, 6.45) is 7.60. The Labute approximate surface area is 95.5 Å². The zero-order chi connectivity index (χ0) is 11.4. The van der Waals surface area contributed by atoms with Crippen molar-refractivity contribution in [3.05, 3.63) is 18.2 Å². The van der Waals surface area contributed by atoms with Crippen LogP contribution in [0, 0.1) is 17.7 Å². The van der Waals surface area contributed by atoms with Crippen LogP contribution in [0.3, 0.4) is 0 Å². The number of nitrogens with one attached hydrogen (secondary N) is 1. The van der Waals surface area contributed by atoms with Gasteiger partial charge in [-0.1, -0.05) is 19.8 Å². The molecule has 1 aliphatic rings. The maximum absolute atomic E-state index is 12.6. The first-order valence-electron chi connectivity index (χ1n) is 5.95. The molecule has 1 fully saturated rings. The molecule has 4 heteroatoms. The van der Waals surface area contributed by atoms with E-state index in [1.807, 2.05) is 0 Å². The fraction of sp³-hybridized carbons (Fsp3) is 0.667. The molecule has 0 bridgehead atoms. The van der Waals surface area contributed by atoms with Crippen LogP contribution in [-0.2, 0) is 0 Å². The predicted octanol–water partition coefficient (Wildman–Crippen LogP) is 2.85. The summed E-state index contributed by atoms with van der Waals surface area (Å²) < 4.78 is 12.6. The second kappa shape index (κ2) is 5.23. The van der Waals surface area contributed by atoms with Crippen molar-refractivity contribution < 1.29 is 4.39 Å². The van der Waals surface area contributed by atoms with Crippen molar-refractivity contribution in [3.8, 4) is 0 Å². The van der Waals surface area contributed by atoms with Gasteiger partial charge in [-0.25, -0.2) is 14.4 Å². The number of rotatable bonds is 3. The largest absolute Gasteiger partial charge is 0.354 e. The lowest BCUT2D eigenvalue weighted by Crippen LogP contribution is -2.21. The van der Waals surface area contributed by atoms with Crippen molar-refractivity contribution in [3.63, 3.8) is 0 Å². The van der Waals surface area contributed by atoms with Crippen LogP contribution in [0.25, 0.3) is 0 Å². The van der Waals surface area contributed by atoms with E-state index in [4.69, 9.17) is 0 Å². The third-order valence-electron chi connectivity index (χ3n) is 3.21. The Morgan fingerprint density at radius 2 is 2.12 bits per heavy atom. The minimum Gasteiger partial charge on any atom is -0.354 e. The van der Waals surface area contributed by atoms with E-state index in [1.165, 1.54) is 38.1 Å². The molecule has 0 spiro atoms. The van der Waals surface area contributed by atoms with Gasteiger partial charge < -0.3 is 5.32 Å². The lowest BCUT2D eigenvalue weighted by molar-refractivity contribution is 0.293. The Morgan fingerprint density at radius 3 is 2.81 bits per heavy atom. The molecule has 16 heavy (non-hydrogen) atoms. The first-order chi connectivity index (χ1) is 7.74. The van der Waals surface area contributed by atoms with E-state index in [1.54, 1.807) is 0 Å². The van der Waals surface area contributed by atoms with Gasteiger partial charge in [-0.15, -0.1) is 0 Å². The Kier molecular flexibility index (Phi) is 3.70. The summed E-state index contributed by atoms with van der Waals surface area (Å²) in [6.45, 7) is 3.20. The second-order valence-electron chi connectivity index (χ2n) is 4.74. The van der Waals surface area contributed by atoms with E-state index in [0.717, 1.165) is 12.5 Å². The molecule has 1 saturated carbocycles.